The molecule has 1 aromatic rings. The van der Waals surface area contributed by atoms with Crippen molar-refractivity contribution in [3.8, 4) is 0 Å². The molecule has 0 unspecified atom stereocenters. The fourth-order valence-electron chi connectivity index (χ4n) is 2.63. The first-order chi connectivity index (χ1) is 9.08. The van der Waals surface area contributed by atoms with E-state index in [-0.39, 0.29) is 18.0 Å². The molecule has 0 aliphatic carbocycles. The van der Waals surface area contributed by atoms with Crippen molar-refractivity contribution in [1.82, 2.24) is 4.90 Å². The third kappa shape index (κ3) is 3.88. The summed E-state index contributed by atoms with van der Waals surface area (Å²) in [6.07, 6.45) is 1.42. The molecule has 2 atom stereocenters. The number of carbonyl (C=O) groups is 1. The quantitative estimate of drug-likeness (QED) is 0.780. The molecular formula is C16H23NO2. The zero-order chi connectivity index (χ0) is 13.8. The van der Waals surface area contributed by atoms with Crippen LogP contribution >= 0.6 is 0 Å². The number of morpholine rings is 1. The minimum absolute atomic E-state index is 0.198. The Bertz CT molecular complexity index is 417. The maximum absolute atomic E-state index is 12.2. The maximum atomic E-state index is 12.2. The highest BCUT2D eigenvalue weighted by atomic mass is 16.5. The predicted octanol–water partition coefficient (Wildman–Crippen LogP) is 2.54. The minimum Gasteiger partial charge on any atom is -0.373 e. The molecule has 0 amide bonds. The van der Waals surface area contributed by atoms with Gasteiger partial charge in [0.15, 0.2) is 5.78 Å². The molecule has 1 saturated heterocycles. The van der Waals surface area contributed by atoms with Gasteiger partial charge in [-0.2, -0.15) is 0 Å². The van der Waals surface area contributed by atoms with Gasteiger partial charge in [0.2, 0.25) is 0 Å². The third-order valence-electron chi connectivity index (χ3n) is 3.55. The number of benzene rings is 1. The number of ether oxygens (including phenoxy) is 1. The summed E-state index contributed by atoms with van der Waals surface area (Å²) in [5, 5.41) is 0. The monoisotopic (exact) mass is 261 g/mol. The SMILES string of the molecule is CCc1ccc(C(=O)CN2C[C@@H](C)O[C@@H](C)C2)cc1. The van der Waals surface area contributed by atoms with Gasteiger partial charge in [-0.25, -0.2) is 0 Å². The van der Waals surface area contributed by atoms with E-state index in [0.717, 1.165) is 25.1 Å². The standard InChI is InChI=1S/C16H23NO2/c1-4-14-5-7-15(8-6-14)16(18)11-17-9-12(2)19-13(3)10-17/h5-8,12-13H,4,9-11H2,1-3H3/t12-,13+. The normalized spacial score (nSPS) is 24.4. The molecule has 0 bridgehead atoms. The van der Waals surface area contributed by atoms with Crippen LogP contribution in [0.5, 0.6) is 0 Å². The Morgan fingerprint density at radius 2 is 1.79 bits per heavy atom. The topological polar surface area (TPSA) is 29.5 Å². The Kier molecular flexibility index (Phi) is 4.72. The summed E-state index contributed by atoms with van der Waals surface area (Å²) in [4.78, 5) is 14.4. The lowest BCUT2D eigenvalue weighted by atomic mass is 10.1. The molecule has 3 nitrogen and oxygen atoms in total. The van der Waals surface area contributed by atoms with Crippen molar-refractivity contribution >= 4 is 5.78 Å². The van der Waals surface area contributed by atoms with Crippen molar-refractivity contribution < 1.29 is 9.53 Å². The maximum Gasteiger partial charge on any atom is 0.176 e. The van der Waals surface area contributed by atoms with Crippen LogP contribution in [0.2, 0.25) is 0 Å². The Balaban J connectivity index is 1.96. The van der Waals surface area contributed by atoms with Crippen LogP contribution in [0.1, 0.15) is 36.7 Å². The molecule has 1 fully saturated rings. The average molecular weight is 261 g/mol. The summed E-state index contributed by atoms with van der Waals surface area (Å²) in [5.74, 6) is 0.198. The predicted molar refractivity (Wildman–Crippen MR) is 76.6 cm³/mol. The molecule has 1 aliphatic rings. The van der Waals surface area contributed by atoms with Gasteiger partial charge < -0.3 is 4.74 Å². The van der Waals surface area contributed by atoms with Gasteiger partial charge in [0.25, 0.3) is 0 Å². The van der Waals surface area contributed by atoms with Gasteiger partial charge in [0, 0.05) is 18.7 Å². The van der Waals surface area contributed by atoms with Crippen LogP contribution < -0.4 is 0 Å². The molecule has 0 N–H and O–H groups in total. The van der Waals surface area contributed by atoms with Gasteiger partial charge in [-0.1, -0.05) is 31.2 Å². The zero-order valence-electron chi connectivity index (χ0n) is 12.1. The van der Waals surface area contributed by atoms with Crippen molar-refractivity contribution in [2.24, 2.45) is 0 Å². The van der Waals surface area contributed by atoms with Crippen LogP contribution in [0.4, 0.5) is 0 Å². The molecular weight excluding hydrogens is 238 g/mol. The van der Waals surface area contributed by atoms with E-state index in [1.54, 1.807) is 0 Å². The number of hydrogen-bond acceptors (Lipinski definition) is 3. The Morgan fingerprint density at radius 3 is 2.32 bits per heavy atom. The van der Waals surface area contributed by atoms with Crippen LogP contribution in [-0.4, -0.2) is 42.5 Å². The number of carbonyl (C=O) groups excluding carboxylic acids is 1. The highest BCUT2D eigenvalue weighted by molar-refractivity contribution is 5.97. The van der Waals surface area contributed by atoms with E-state index < -0.39 is 0 Å². The first-order valence-electron chi connectivity index (χ1n) is 7.08. The van der Waals surface area contributed by atoms with Crippen molar-refractivity contribution in [3.63, 3.8) is 0 Å². The molecule has 104 valence electrons. The zero-order valence-corrected chi connectivity index (χ0v) is 12.1. The Hall–Kier alpha value is -1.19. The fourth-order valence-corrected chi connectivity index (χ4v) is 2.63. The molecule has 19 heavy (non-hydrogen) atoms. The van der Waals surface area contributed by atoms with Gasteiger partial charge in [0.05, 0.1) is 18.8 Å². The van der Waals surface area contributed by atoms with E-state index >= 15 is 0 Å². The van der Waals surface area contributed by atoms with Crippen LogP contribution in [0, 0.1) is 0 Å². The molecule has 3 heteroatoms. The van der Waals surface area contributed by atoms with Gasteiger partial charge in [0.1, 0.15) is 0 Å². The van der Waals surface area contributed by atoms with E-state index in [2.05, 4.69) is 25.7 Å². The lowest BCUT2D eigenvalue weighted by Crippen LogP contribution is -2.47. The minimum atomic E-state index is 0.198. The highest BCUT2D eigenvalue weighted by Crippen LogP contribution is 2.12. The summed E-state index contributed by atoms with van der Waals surface area (Å²) in [5.41, 5.74) is 2.08. The van der Waals surface area contributed by atoms with E-state index in [1.807, 2.05) is 24.3 Å². The summed E-state index contributed by atoms with van der Waals surface area (Å²) in [6, 6.07) is 7.96. The van der Waals surface area contributed by atoms with Gasteiger partial charge in [-0.05, 0) is 25.8 Å². The van der Waals surface area contributed by atoms with Crippen molar-refractivity contribution in [3.05, 3.63) is 35.4 Å². The summed E-state index contributed by atoms with van der Waals surface area (Å²) >= 11 is 0. The molecule has 0 saturated carbocycles. The van der Waals surface area contributed by atoms with Gasteiger partial charge in [-0.3, -0.25) is 9.69 Å². The van der Waals surface area contributed by atoms with Crippen LogP contribution in [0.25, 0.3) is 0 Å². The first kappa shape index (κ1) is 14.2. The van der Waals surface area contributed by atoms with Crippen LogP contribution in [-0.2, 0) is 11.2 Å². The van der Waals surface area contributed by atoms with E-state index in [4.69, 9.17) is 4.74 Å². The van der Waals surface area contributed by atoms with Crippen molar-refractivity contribution in [2.45, 2.75) is 39.4 Å². The van der Waals surface area contributed by atoms with Gasteiger partial charge >= 0.3 is 0 Å². The second kappa shape index (κ2) is 6.31. The van der Waals surface area contributed by atoms with Crippen molar-refractivity contribution in [1.29, 1.82) is 0 Å². The molecule has 1 aromatic carbocycles. The third-order valence-corrected chi connectivity index (χ3v) is 3.55. The number of hydrogen-bond donors (Lipinski definition) is 0. The lowest BCUT2D eigenvalue weighted by molar-refractivity contribution is -0.0652. The number of nitrogens with zero attached hydrogens (tertiary/aromatic N) is 1. The Morgan fingerprint density at radius 1 is 1.21 bits per heavy atom. The van der Waals surface area contributed by atoms with E-state index in [0.29, 0.717) is 6.54 Å². The summed E-state index contributed by atoms with van der Waals surface area (Å²) in [6.45, 7) is 8.40. The number of aryl methyl sites for hydroxylation is 1. The van der Waals surface area contributed by atoms with Crippen LogP contribution in [0.3, 0.4) is 0 Å². The fraction of sp³-hybridized carbons (Fsp3) is 0.562. The molecule has 0 radical (unpaired) electrons. The summed E-state index contributed by atoms with van der Waals surface area (Å²) in [7, 11) is 0. The van der Waals surface area contributed by atoms with E-state index in [9.17, 15) is 4.79 Å². The Labute approximate surface area is 115 Å². The van der Waals surface area contributed by atoms with Crippen molar-refractivity contribution in [2.75, 3.05) is 19.6 Å². The summed E-state index contributed by atoms with van der Waals surface area (Å²) < 4.78 is 5.68. The second-order valence-electron chi connectivity index (χ2n) is 5.43. The molecule has 1 heterocycles. The van der Waals surface area contributed by atoms with Gasteiger partial charge in [-0.15, -0.1) is 0 Å². The molecule has 1 aliphatic heterocycles. The van der Waals surface area contributed by atoms with E-state index in [1.165, 1.54) is 5.56 Å². The number of rotatable bonds is 4. The smallest absolute Gasteiger partial charge is 0.176 e. The first-order valence-corrected chi connectivity index (χ1v) is 7.08. The molecule has 0 spiro atoms. The lowest BCUT2D eigenvalue weighted by Gasteiger charge is -2.34. The average Bonchev–Trinajstić information content (AvgIpc) is 2.37. The number of Topliss-reactive ketones (excluding diaryl/α,β-unsaturated/α-hetero) is 1. The highest BCUT2D eigenvalue weighted by Gasteiger charge is 2.23. The molecule has 0 aromatic heterocycles. The van der Waals surface area contributed by atoms with Crippen LogP contribution in [0.15, 0.2) is 24.3 Å². The largest absolute Gasteiger partial charge is 0.373 e. The number of ketones is 1. The second-order valence-corrected chi connectivity index (χ2v) is 5.43. The molecule has 2 rings (SSSR count).